The van der Waals surface area contributed by atoms with Gasteiger partial charge in [-0.25, -0.2) is 0 Å². The van der Waals surface area contributed by atoms with Crippen LogP contribution in [0.25, 0.3) is 10.9 Å². The summed E-state index contributed by atoms with van der Waals surface area (Å²) in [6.07, 6.45) is 1.60. The van der Waals surface area contributed by atoms with Gasteiger partial charge in [0, 0.05) is 24.3 Å². The van der Waals surface area contributed by atoms with E-state index in [0.29, 0.717) is 22.7 Å². The zero-order chi connectivity index (χ0) is 18.7. The van der Waals surface area contributed by atoms with E-state index < -0.39 is 5.91 Å². The fraction of sp³-hybridized carbons (Fsp3) is 0.200. The number of rotatable bonds is 5. The van der Waals surface area contributed by atoms with E-state index in [1.54, 1.807) is 31.5 Å². The van der Waals surface area contributed by atoms with Crippen LogP contribution in [0.5, 0.6) is 5.75 Å². The molecule has 2 aromatic carbocycles. The van der Waals surface area contributed by atoms with Crippen molar-refractivity contribution in [1.29, 1.82) is 0 Å². The number of nitrogens with one attached hydrogen (secondary N) is 1. The Kier molecular flexibility index (Phi) is 5.28. The summed E-state index contributed by atoms with van der Waals surface area (Å²) in [6.45, 7) is 2.84. The summed E-state index contributed by atoms with van der Waals surface area (Å²) in [4.78, 5) is 25.4. The van der Waals surface area contributed by atoms with Crippen LogP contribution in [0, 0.1) is 0 Å². The number of ether oxygens (including phenoxy) is 1. The molecule has 0 saturated carbocycles. The van der Waals surface area contributed by atoms with Crippen LogP contribution in [0.1, 0.15) is 22.8 Å². The highest BCUT2D eigenvalue weighted by Crippen LogP contribution is 2.19. The van der Waals surface area contributed by atoms with Gasteiger partial charge in [-0.15, -0.1) is 0 Å². The normalized spacial score (nSPS) is 10.7. The molecule has 1 N–H and O–H groups in total. The van der Waals surface area contributed by atoms with Crippen LogP contribution in [0.3, 0.4) is 0 Å². The van der Waals surface area contributed by atoms with Crippen molar-refractivity contribution in [2.75, 3.05) is 7.11 Å². The van der Waals surface area contributed by atoms with Gasteiger partial charge in [-0.2, -0.15) is 0 Å². The molecule has 1 heterocycles. The minimum Gasteiger partial charge on any atom is -0.497 e. The molecule has 5 nitrogen and oxygen atoms in total. The van der Waals surface area contributed by atoms with Crippen LogP contribution in [-0.4, -0.2) is 17.6 Å². The van der Waals surface area contributed by atoms with Crippen LogP contribution in [-0.2, 0) is 13.1 Å². The highest BCUT2D eigenvalue weighted by molar-refractivity contribution is 6.31. The third-order valence-electron chi connectivity index (χ3n) is 4.27. The number of amides is 1. The molecule has 1 amide bonds. The van der Waals surface area contributed by atoms with Crippen molar-refractivity contribution in [1.82, 2.24) is 9.88 Å². The number of methoxy groups -OCH3 is 1. The largest absolute Gasteiger partial charge is 0.497 e. The molecule has 0 aliphatic heterocycles. The molecule has 3 rings (SSSR count). The molecule has 0 bridgehead atoms. The highest BCUT2D eigenvalue weighted by atomic mass is 35.5. The van der Waals surface area contributed by atoms with Crippen molar-refractivity contribution in [3.05, 3.63) is 75.0 Å². The zero-order valence-electron chi connectivity index (χ0n) is 14.6. The minimum absolute atomic E-state index is 0.0969. The molecule has 0 unspecified atom stereocenters. The summed E-state index contributed by atoms with van der Waals surface area (Å²) in [5.74, 6) is 0.146. The van der Waals surface area contributed by atoms with Gasteiger partial charge >= 0.3 is 0 Å². The molecule has 26 heavy (non-hydrogen) atoms. The summed E-state index contributed by atoms with van der Waals surface area (Å²) in [5, 5.41) is 3.80. The number of fused-ring (bicyclic) bond motifs is 1. The number of aryl methyl sites for hydroxylation is 1. The number of aromatic nitrogens is 1. The second-order valence-corrected chi connectivity index (χ2v) is 6.22. The van der Waals surface area contributed by atoms with Crippen molar-refractivity contribution in [2.45, 2.75) is 20.0 Å². The number of benzene rings is 2. The number of carbonyl (C=O) groups excluding carboxylic acids is 1. The first kappa shape index (κ1) is 18.0. The lowest BCUT2D eigenvalue weighted by atomic mass is 10.1. The van der Waals surface area contributed by atoms with Crippen molar-refractivity contribution in [2.24, 2.45) is 0 Å². The third kappa shape index (κ3) is 3.44. The molecule has 0 saturated heterocycles. The van der Waals surface area contributed by atoms with Crippen LogP contribution in [0.4, 0.5) is 0 Å². The van der Waals surface area contributed by atoms with Gasteiger partial charge in [0.25, 0.3) is 5.91 Å². The monoisotopic (exact) mass is 370 g/mol. The Morgan fingerprint density at radius 2 is 2.00 bits per heavy atom. The molecule has 134 valence electrons. The fourth-order valence-corrected chi connectivity index (χ4v) is 3.04. The van der Waals surface area contributed by atoms with E-state index in [4.69, 9.17) is 16.3 Å². The first-order valence-electron chi connectivity index (χ1n) is 8.28. The molecule has 3 aromatic rings. The van der Waals surface area contributed by atoms with Crippen LogP contribution in [0.2, 0.25) is 5.02 Å². The first-order chi connectivity index (χ1) is 12.5. The summed E-state index contributed by atoms with van der Waals surface area (Å²) in [5.41, 5.74) is 1.33. The van der Waals surface area contributed by atoms with E-state index in [0.717, 1.165) is 11.1 Å². The Morgan fingerprint density at radius 3 is 2.69 bits per heavy atom. The summed E-state index contributed by atoms with van der Waals surface area (Å²) < 4.78 is 7.08. The lowest BCUT2D eigenvalue weighted by molar-refractivity contribution is 0.0949. The maximum absolute atomic E-state index is 12.8. The van der Waals surface area contributed by atoms with Crippen molar-refractivity contribution in [3.63, 3.8) is 0 Å². The predicted octanol–water partition coefficient (Wildman–Crippen LogP) is 3.61. The topological polar surface area (TPSA) is 60.3 Å². The van der Waals surface area contributed by atoms with Gasteiger partial charge in [-0.1, -0.05) is 29.8 Å². The highest BCUT2D eigenvalue weighted by Gasteiger charge is 2.16. The van der Waals surface area contributed by atoms with E-state index in [1.165, 1.54) is 0 Å². The second-order valence-electron chi connectivity index (χ2n) is 5.82. The summed E-state index contributed by atoms with van der Waals surface area (Å²) in [6, 6.07) is 12.5. The van der Waals surface area contributed by atoms with E-state index in [9.17, 15) is 9.59 Å². The van der Waals surface area contributed by atoms with Gasteiger partial charge in [-0.3, -0.25) is 9.59 Å². The number of pyridine rings is 1. The molecular formula is C20H19ClN2O3. The minimum atomic E-state index is -0.429. The van der Waals surface area contributed by atoms with Gasteiger partial charge in [-0.05, 0) is 36.8 Å². The van der Waals surface area contributed by atoms with Gasteiger partial charge in [0.05, 0.1) is 18.0 Å². The van der Waals surface area contributed by atoms with E-state index in [2.05, 4.69) is 5.32 Å². The molecule has 0 aliphatic carbocycles. The van der Waals surface area contributed by atoms with Crippen LogP contribution >= 0.6 is 11.6 Å². The smallest absolute Gasteiger partial charge is 0.257 e. The molecule has 0 spiro atoms. The third-order valence-corrected chi connectivity index (χ3v) is 4.64. The molecule has 0 atom stereocenters. The number of carbonyl (C=O) groups is 1. The molecular weight excluding hydrogens is 352 g/mol. The zero-order valence-corrected chi connectivity index (χ0v) is 15.3. The Bertz CT molecular complexity index is 1030. The van der Waals surface area contributed by atoms with Crippen molar-refractivity contribution < 1.29 is 9.53 Å². The lowest BCUT2D eigenvalue weighted by Gasteiger charge is -2.13. The van der Waals surface area contributed by atoms with Gasteiger partial charge in [0.2, 0.25) is 5.43 Å². The fourth-order valence-electron chi connectivity index (χ4n) is 2.84. The van der Waals surface area contributed by atoms with Gasteiger partial charge in [0.1, 0.15) is 11.3 Å². The second kappa shape index (κ2) is 7.62. The number of nitrogens with zero attached hydrogens (tertiary/aromatic N) is 1. The quantitative estimate of drug-likeness (QED) is 0.746. The first-order valence-corrected chi connectivity index (χ1v) is 8.65. The van der Waals surface area contributed by atoms with Crippen molar-refractivity contribution >= 4 is 28.4 Å². The Morgan fingerprint density at radius 1 is 1.23 bits per heavy atom. The molecule has 1 aromatic heterocycles. The van der Waals surface area contributed by atoms with Gasteiger partial charge < -0.3 is 14.6 Å². The Balaban J connectivity index is 1.98. The average Bonchev–Trinajstić information content (AvgIpc) is 2.67. The van der Waals surface area contributed by atoms with E-state index >= 15 is 0 Å². The predicted molar refractivity (Wildman–Crippen MR) is 103 cm³/mol. The standard InChI is InChI=1S/C20H19ClN2O3/c1-3-23-12-16(19(24)15-10-14(26-2)8-9-18(15)23)20(25)22-11-13-6-4-5-7-17(13)21/h4-10,12H,3,11H2,1-2H3,(H,22,25). The lowest BCUT2D eigenvalue weighted by Crippen LogP contribution is -2.29. The molecule has 0 aliphatic rings. The number of halogens is 1. The molecule has 0 radical (unpaired) electrons. The maximum atomic E-state index is 12.8. The van der Waals surface area contributed by atoms with Gasteiger partial charge in [0.15, 0.2) is 0 Å². The maximum Gasteiger partial charge on any atom is 0.257 e. The van der Waals surface area contributed by atoms with Crippen LogP contribution in [0.15, 0.2) is 53.5 Å². The Labute approximate surface area is 156 Å². The SMILES string of the molecule is CCn1cc(C(=O)NCc2ccccc2Cl)c(=O)c2cc(OC)ccc21. The summed E-state index contributed by atoms with van der Waals surface area (Å²) in [7, 11) is 1.54. The number of hydrogen-bond acceptors (Lipinski definition) is 3. The van der Waals surface area contributed by atoms with Crippen molar-refractivity contribution in [3.8, 4) is 5.75 Å². The van der Waals surface area contributed by atoms with E-state index in [1.807, 2.05) is 35.8 Å². The average molecular weight is 371 g/mol. The number of hydrogen-bond donors (Lipinski definition) is 1. The summed E-state index contributed by atoms with van der Waals surface area (Å²) >= 11 is 6.11. The van der Waals surface area contributed by atoms with E-state index in [-0.39, 0.29) is 17.5 Å². The van der Waals surface area contributed by atoms with Crippen LogP contribution < -0.4 is 15.5 Å². The Hall–Kier alpha value is -2.79. The molecule has 0 fully saturated rings. The molecule has 6 heteroatoms.